The molecule has 1 aromatic carbocycles. The zero-order valence-electron chi connectivity index (χ0n) is 14.9. The van der Waals surface area contributed by atoms with Gasteiger partial charge in [0.05, 0.1) is 8.07 Å². The number of allylic oxidation sites excluding steroid dienone is 5. The minimum absolute atomic E-state index is 1.09. The van der Waals surface area contributed by atoms with Crippen molar-refractivity contribution in [2.24, 2.45) is 0 Å². The lowest BCUT2D eigenvalue weighted by Crippen LogP contribution is -2.40. The summed E-state index contributed by atoms with van der Waals surface area (Å²) < 4.78 is 0. The lowest BCUT2D eigenvalue weighted by Gasteiger charge is -2.22. The van der Waals surface area contributed by atoms with Crippen molar-refractivity contribution in [1.82, 2.24) is 0 Å². The number of hydrogen-bond donors (Lipinski definition) is 0. The van der Waals surface area contributed by atoms with Crippen molar-refractivity contribution in [3.63, 3.8) is 0 Å². The van der Waals surface area contributed by atoms with Crippen LogP contribution >= 0.6 is 0 Å². The number of hydrogen-bond acceptors (Lipinski definition) is 0. The molecule has 0 bridgehead atoms. The van der Waals surface area contributed by atoms with Gasteiger partial charge in [-0.2, -0.15) is 0 Å². The number of benzene rings is 1. The first-order valence-corrected chi connectivity index (χ1v) is 11.6. The van der Waals surface area contributed by atoms with Gasteiger partial charge in [0.15, 0.2) is 0 Å². The van der Waals surface area contributed by atoms with Gasteiger partial charge in [0.25, 0.3) is 0 Å². The van der Waals surface area contributed by atoms with Crippen molar-refractivity contribution in [2.75, 3.05) is 0 Å². The highest BCUT2D eigenvalue weighted by Crippen LogP contribution is 2.19. The Morgan fingerprint density at radius 2 is 1.64 bits per heavy atom. The first-order valence-electron chi connectivity index (χ1n) is 8.43. The Balaban J connectivity index is 2.73. The standard InChI is InChI=1S/C21H32Si/c1-6-7-13-20(14-11-12-19(2)3)17-18-22(4,5)21-15-9-8-10-16-21/h6,8-10,12,15-17H,1,7,11,13-14,18H2,2-5H3/b20-17+. The van der Waals surface area contributed by atoms with Gasteiger partial charge in [0.1, 0.15) is 0 Å². The predicted octanol–water partition coefficient (Wildman–Crippen LogP) is 6.24. The minimum Gasteiger partial charge on any atom is -0.103 e. The minimum atomic E-state index is -1.36. The fraction of sp³-hybridized carbons (Fsp3) is 0.429. The Morgan fingerprint density at radius 1 is 1.00 bits per heavy atom. The van der Waals surface area contributed by atoms with Crippen molar-refractivity contribution >= 4 is 13.3 Å². The average Bonchev–Trinajstić information content (AvgIpc) is 2.50. The second kappa shape index (κ2) is 9.63. The molecule has 0 saturated carbocycles. The molecular formula is C21H32Si. The van der Waals surface area contributed by atoms with Crippen LogP contribution in [0.4, 0.5) is 0 Å². The highest BCUT2D eigenvalue weighted by atomic mass is 28.3. The van der Waals surface area contributed by atoms with Gasteiger partial charge in [-0.05, 0) is 45.6 Å². The van der Waals surface area contributed by atoms with E-state index in [2.05, 4.69) is 76.0 Å². The molecule has 0 saturated heterocycles. The lowest BCUT2D eigenvalue weighted by atomic mass is 10.0. The molecule has 1 rings (SSSR count). The summed E-state index contributed by atoms with van der Waals surface area (Å²) in [6, 6.07) is 12.3. The highest BCUT2D eigenvalue weighted by Gasteiger charge is 2.21. The first-order chi connectivity index (χ1) is 10.5. The largest absolute Gasteiger partial charge is 0.103 e. The van der Waals surface area contributed by atoms with E-state index < -0.39 is 8.07 Å². The fourth-order valence-corrected chi connectivity index (χ4v) is 4.70. The van der Waals surface area contributed by atoms with Gasteiger partial charge in [-0.3, -0.25) is 0 Å². The van der Waals surface area contributed by atoms with Gasteiger partial charge in [-0.15, -0.1) is 6.58 Å². The van der Waals surface area contributed by atoms with Gasteiger partial charge in [0.2, 0.25) is 0 Å². The summed E-state index contributed by atoms with van der Waals surface area (Å²) in [7, 11) is -1.36. The zero-order valence-corrected chi connectivity index (χ0v) is 15.9. The molecule has 120 valence electrons. The van der Waals surface area contributed by atoms with E-state index >= 15 is 0 Å². The quantitative estimate of drug-likeness (QED) is 0.374. The molecule has 0 N–H and O–H groups in total. The van der Waals surface area contributed by atoms with Crippen molar-refractivity contribution in [1.29, 1.82) is 0 Å². The van der Waals surface area contributed by atoms with Crippen molar-refractivity contribution in [3.8, 4) is 0 Å². The lowest BCUT2D eigenvalue weighted by molar-refractivity contribution is 0.858. The maximum atomic E-state index is 3.87. The van der Waals surface area contributed by atoms with E-state index in [1.165, 1.54) is 30.9 Å². The van der Waals surface area contributed by atoms with Crippen LogP contribution in [0.3, 0.4) is 0 Å². The molecule has 22 heavy (non-hydrogen) atoms. The highest BCUT2D eigenvalue weighted by molar-refractivity contribution is 6.90. The van der Waals surface area contributed by atoms with Crippen LogP contribution in [0.1, 0.15) is 39.5 Å². The Morgan fingerprint density at radius 3 is 2.23 bits per heavy atom. The van der Waals surface area contributed by atoms with Crippen LogP contribution in [0.25, 0.3) is 0 Å². The second-order valence-corrected chi connectivity index (χ2v) is 11.7. The van der Waals surface area contributed by atoms with Gasteiger partial charge in [-0.25, -0.2) is 0 Å². The maximum absolute atomic E-state index is 3.87. The van der Waals surface area contributed by atoms with Crippen LogP contribution < -0.4 is 5.19 Å². The van der Waals surface area contributed by atoms with Crippen LogP contribution in [0.2, 0.25) is 19.1 Å². The van der Waals surface area contributed by atoms with Crippen molar-refractivity contribution < 1.29 is 0 Å². The summed E-state index contributed by atoms with van der Waals surface area (Å²) in [4.78, 5) is 0. The summed E-state index contributed by atoms with van der Waals surface area (Å²) in [5.74, 6) is 0. The van der Waals surface area contributed by atoms with Crippen LogP contribution in [-0.2, 0) is 0 Å². The van der Waals surface area contributed by atoms with Crippen LogP contribution in [0.15, 0.2) is 66.3 Å². The summed E-state index contributed by atoms with van der Waals surface area (Å²) in [5.41, 5.74) is 3.02. The summed E-state index contributed by atoms with van der Waals surface area (Å²) in [5, 5.41) is 1.55. The Labute approximate surface area is 138 Å². The van der Waals surface area contributed by atoms with Gasteiger partial charge < -0.3 is 0 Å². The monoisotopic (exact) mass is 312 g/mol. The molecule has 0 amide bonds. The third-order valence-electron chi connectivity index (χ3n) is 4.14. The van der Waals surface area contributed by atoms with Gasteiger partial charge >= 0.3 is 0 Å². The molecule has 0 radical (unpaired) electrons. The fourth-order valence-electron chi connectivity index (χ4n) is 2.57. The molecule has 0 unspecified atom stereocenters. The van der Waals surface area contributed by atoms with E-state index in [-0.39, 0.29) is 0 Å². The molecule has 1 heteroatoms. The molecule has 0 aromatic heterocycles. The SMILES string of the molecule is C=CCC/C(=C\C[Si](C)(C)c1ccccc1)CCC=C(C)C. The van der Waals surface area contributed by atoms with E-state index in [4.69, 9.17) is 0 Å². The molecular weight excluding hydrogens is 280 g/mol. The van der Waals surface area contributed by atoms with Gasteiger partial charge in [-0.1, -0.05) is 78.0 Å². The van der Waals surface area contributed by atoms with Crippen LogP contribution in [0, 0.1) is 0 Å². The number of rotatable bonds is 9. The summed E-state index contributed by atoms with van der Waals surface area (Å²) >= 11 is 0. The van der Waals surface area contributed by atoms with Crippen LogP contribution in [0.5, 0.6) is 0 Å². The van der Waals surface area contributed by atoms with E-state index in [9.17, 15) is 0 Å². The molecule has 0 nitrogen and oxygen atoms in total. The molecule has 0 heterocycles. The van der Waals surface area contributed by atoms with Gasteiger partial charge in [0, 0.05) is 0 Å². The summed E-state index contributed by atoms with van der Waals surface area (Å²) in [6.07, 6.45) is 11.5. The third-order valence-corrected chi connectivity index (χ3v) is 7.26. The van der Waals surface area contributed by atoms with E-state index in [0.717, 1.165) is 6.42 Å². The van der Waals surface area contributed by atoms with E-state index in [1.807, 2.05) is 6.08 Å². The maximum Gasteiger partial charge on any atom is 0.0843 e. The third kappa shape index (κ3) is 7.08. The Kier molecular flexibility index (Phi) is 8.19. The normalized spacial score (nSPS) is 12.1. The van der Waals surface area contributed by atoms with Crippen molar-refractivity contribution in [3.05, 3.63) is 66.3 Å². The molecule has 0 spiro atoms. The zero-order chi connectivity index (χ0) is 16.4. The Bertz CT molecular complexity index is 502. The topological polar surface area (TPSA) is 0 Å². The van der Waals surface area contributed by atoms with Crippen molar-refractivity contribution in [2.45, 2.75) is 58.7 Å². The van der Waals surface area contributed by atoms with E-state index in [1.54, 1.807) is 10.8 Å². The smallest absolute Gasteiger partial charge is 0.0843 e. The average molecular weight is 313 g/mol. The van der Waals surface area contributed by atoms with Crippen LogP contribution in [-0.4, -0.2) is 8.07 Å². The Hall–Kier alpha value is -1.34. The first kappa shape index (κ1) is 18.7. The molecule has 0 atom stereocenters. The molecule has 0 aliphatic rings. The van der Waals surface area contributed by atoms with E-state index in [0.29, 0.717) is 0 Å². The predicted molar refractivity (Wildman–Crippen MR) is 105 cm³/mol. The molecule has 0 aliphatic carbocycles. The summed E-state index contributed by atoms with van der Waals surface area (Å²) in [6.45, 7) is 13.2. The molecule has 1 aromatic rings. The molecule has 0 fully saturated rings. The molecule has 0 aliphatic heterocycles. The second-order valence-electron chi connectivity index (χ2n) is 6.96.